The zero-order valence-corrected chi connectivity index (χ0v) is 6.35. The molecule has 1 rings (SSSR count). The maximum Gasteiger partial charge on any atom is 0.137 e. The zero-order valence-electron chi connectivity index (χ0n) is 4.79. The zero-order chi connectivity index (χ0) is 6.85. The maximum atomic E-state index is 11.9. The molecule has 0 aliphatic carbocycles. The standard InChI is InChI=1S/C6H2F3.Ti/c7-4-1-5(8)3-6(9)2-4;/h1-2H;. The van der Waals surface area contributed by atoms with Gasteiger partial charge in [-0.2, -0.15) is 0 Å². The SMILES string of the molecule is Fc1[c]c(F)cc(F)c1.[Ti]. The van der Waals surface area contributed by atoms with Crippen LogP contribution in [-0.2, 0) is 21.7 Å². The molecular weight excluding hydrogens is 177 g/mol. The van der Waals surface area contributed by atoms with E-state index in [1.807, 2.05) is 0 Å². The molecule has 0 bridgehead atoms. The molecule has 10 heavy (non-hydrogen) atoms. The number of hydrogen-bond donors (Lipinski definition) is 0. The molecule has 0 nitrogen and oxygen atoms in total. The molecule has 0 atom stereocenters. The minimum atomic E-state index is -1.02. The van der Waals surface area contributed by atoms with E-state index in [1.165, 1.54) is 0 Å². The van der Waals surface area contributed by atoms with Crippen molar-refractivity contribution in [2.24, 2.45) is 0 Å². The molecule has 1 aromatic carbocycles. The summed E-state index contributed by atoms with van der Waals surface area (Å²) in [5.74, 6) is -2.97. The summed E-state index contributed by atoms with van der Waals surface area (Å²) in [4.78, 5) is 0. The Morgan fingerprint density at radius 3 is 1.70 bits per heavy atom. The van der Waals surface area contributed by atoms with Gasteiger partial charge in [0.05, 0.1) is 6.07 Å². The second kappa shape index (κ2) is 3.79. The summed E-state index contributed by atoms with van der Waals surface area (Å²) in [6.45, 7) is 0. The normalized spacial score (nSPS) is 8.70. The van der Waals surface area contributed by atoms with Crippen molar-refractivity contribution in [3.8, 4) is 0 Å². The van der Waals surface area contributed by atoms with Crippen LogP contribution in [0.2, 0.25) is 0 Å². The third-order valence-electron chi connectivity index (χ3n) is 0.768. The Balaban J connectivity index is 0.000000810. The van der Waals surface area contributed by atoms with Crippen LogP contribution in [0.25, 0.3) is 0 Å². The van der Waals surface area contributed by atoms with E-state index in [4.69, 9.17) is 0 Å². The summed E-state index contributed by atoms with van der Waals surface area (Å²) in [6.07, 6.45) is 0. The van der Waals surface area contributed by atoms with Crippen molar-refractivity contribution in [3.05, 3.63) is 35.7 Å². The van der Waals surface area contributed by atoms with Crippen LogP contribution in [0, 0.1) is 23.5 Å². The predicted octanol–water partition coefficient (Wildman–Crippen LogP) is 1.90. The third-order valence-corrected chi connectivity index (χ3v) is 0.768. The first-order chi connectivity index (χ1) is 4.18. The van der Waals surface area contributed by atoms with Gasteiger partial charge >= 0.3 is 0 Å². The van der Waals surface area contributed by atoms with E-state index in [2.05, 4.69) is 0 Å². The van der Waals surface area contributed by atoms with Crippen molar-refractivity contribution < 1.29 is 34.9 Å². The van der Waals surface area contributed by atoms with Crippen LogP contribution >= 0.6 is 0 Å². The summed E-state index contributed by atoms with van der Waals surface area (Å²) >= 11 is 0. The second-order valence-corrected chi connectivity index (χ2v) is 1.49. The van der Waals surface area contributed by atoms with Crippen LogP contribution < -0.4 is 0 Å². The van der Waals surface area contributed by atoms with E-state index in [9.17, 15) is 13.2 Å². The van der Waals surface area contributed by atoms with Gasteiger partial charge in [-0.15, -0.1) is 0 Å². The van der Waals surface area contributed by atoms with Gasteiger partial charge in [0.25, 0.3) is 0 Å². The Morgan fingerprint density at radius 2 is 1.40 bits per heavy atom. The molecule has 4 heteroatoms. The van der Waals surface area contributed by atoms with Crippen molar-refractivity contribution in [3.63, 3.8) is 0 Å². The minimum Gasteiger partial charge on any atom is -0.207 e. The average molecular weight is 179 g/mol. The van der Waals surface area contributed by atoms with Crippen LogP contribution in [-0.4, -0.2) is 0 Å². The Bertz CT molecular complexity index is 174. The largest absolute Gasteiger partial charge is 0.207 e. The van der Waals surface area contributed by atoms with Crippen molar-refractivity contribution in [1.29, 1.82) is 0 Å². The first-order valence-electron chi connectivity index (χ1n) is 2.22. The van der Waals surface area contributed by atoms with Gasteiger partial charge in [-0.05, 0) is 0 Å². The summed E-state index contributed by atoms with van der Waals surface area (Å²) < 4.78 is 35.7. The smallest absolute Gasteiger partial charge is 0.137 e. The molecule has 0 saturated heterocycles. The molecular formula is C6H2F3Ti. The van der Waals surface area contributed by atoms with Crippen LogP contribution in [0.1, 0.15) is 0 Å². The Kier molecular flexibility index (Phi) is 3.68. The molecule has 0 aliphatic heterocycles. The van der Waals surface area contributed by atoms with E-state index >= 15 is 0 Å². The molecule has 0 heterocycles. The maximum absolute atomic E-state index is 11.9. The molecule has 0 fully saturated rings. The summed E-state index contributed by atoms with van der Waals surface area (Å²) in [5, 5.41) is 0. The molecule has 1 aromatic rings. The topological polar surface area (TPSA) is 0 Å². The van der Waals surface area contributed by atoms with Gasteiger partial charge in [-0.1, -0.05) is 0 Å². The fourth-order valence-electron chi connectivity index (χ4n) is 0.470. The predicted molar refractivity (Wildman–Crippen MR) is 25.2 cm³/mol. The van der Waals surface area contributed by atoms with E-state index in [0.29, 0.717) is 12.1 Å². The third kappa shape index (κ3) is 2.54. The van der Waals surface area contributed by atoms with Crippen molar-refractivity contribution in [2.45, 2.75) is 0 Å². The Hall–Kier alpha value is -0.276. The fraction of sp³-hybridized carbons (Fsp3) is 0. The summed E-state index contributed by atoms with van der Waals surface area (Å²) in [5.41, 5.74) is 0. The molecule has 0 amide bonds. The van der Waals surface area contributed by atoms with E-state index in [1.54, 1.807) is 6.07 Å². The quantitative estimate of drug-likeness (QED) is 0.533. The number of halogens is 3. The van der Waals surface area contributed by atoms with Crippen LogP contribution in [0.3, 0.4) is 0 Å². The van der Waals surface area contributed by atoms with Crippen molar-refractivity contribution in [1.82, 2.24) is 0 Å². The van der Waals surface area contributed by atoms with Gasteiger partial charge in [0, 0.05) is 33.9 Å². The molecule has 51 valence electrons. The van der Waals surface area contributed by atoms with Gasteiger partial charge in [0.15, 0.2) is 0 Å². The van der Waals surface area contributed by atoms with Gasteiger partial charge in [-0.25, -0.2) is 13.2 Å². The van der Waals surface area contributed by atoms with Crippen LogP contribution in [0.5, 0.6) is 0 Å². The molecule has 0 unspecified atom stereocenters. The van der Waals surface area contributed by atoms with E-state index in [-0.39, 0.29) is 21.7 Å². The molecule has 0 N–H and O–H groups in total. The molecule has 0 spiro atoms. The van der Waals surface area contributed by atoms with E-state index in [0.717, 1.165) is 0 Å². The fourth-order valence-corrected chi connectivity index (χ4v) is 0.470. The molecule has 1 radical (unpaired) electrons. The average Bonchev–Trinajstić information content (AvgIpc) is 1.59. The number of benzene rings is 1. The minimum absolute atomic E-state index is 0. The van der Waals surface area contributed by atoms with E-state index < -0.39 is 17.5 Å². The first kappa shape index (κ1) is 9.72. The van der Waals surface area contributed by atoms with Gasteiger partial charge < -0.3 is 0 Å². The van der Waals surface area contributed by atoms with Crippen LogP contribution in [0.4, 0.5) is 13.2 Å². The summed E-state index contributed by atoms with van der Waals surface area (Å²) in [6, 6.07) is 2.75. The second-order valence-electron chi connectivity index (χ2n) is 1.49. The first-order valence-corrected chi connectivity index (χ1v) is 2.22. The number of rotatable bonds is 0. The van der Waals surface area contributed by atoms with Crippen molar-refractivity contribution >= 4 is 0 Å². The van der Waals surface area contributed by atoms with Crippen LogP contribution in [0.15, 0.2) is 12.1 Å². The van der Waals surface area contributed by atoms with Gasteiger partial charge in [0.1, 0.15) is 17.5 Å². The molecule has 0 saturated carbocycles. The Labute approximate surface area is 70.9 Å². The number of hydrogen-bond acceptors (Lipinski definition) is 0. The molecule has 0 aromatic heterocycles. The summed E-state index contributed by atoms with van der Waals surface area (Å²) in [7, 11) is 0. The monoisotopic (exact) mass is 179 g/mol. The van der Waals surface area contributed by atoms with Gasteiger partial charge in [0.2, 0.25) is 0 Å². The van der Waals surface area contributed by atoms with Gasteiger partial charge in [-0.3, -0.25) is 0 Å². The molecule has 0 aliphatic rings. The van der Waals surface area contributed by atoms with Crippen molar-refractivity contribution in [2.75, 3.05) is 0 Å². The Morgan fingerprint density at radius 1 is 1.00 bits per heavy atom.